The van der Waals surface area contributed by atoms with E-state index in [-0.39, 0.29) is 40.6 Å². The topological polar surface area (TPSA) is 142 Å². The molecule has 0 aliphatic heterocycles. The first-order valence-corrected chi connectivity index (χ1v) is 13.9. The highest BCUT2D eigenvalue weighted by molar-refractivity contribution is 7.92. The minimum Gasteiger partial charge on any atom is -0.453 e. The lowest BCUT2D eigenvalue weighted by Gasteiger charge is -2.45. The van der Waals surface area contributed by atoms with Gasteiger partial charge in [-0.05, 0) is 55.7 Å². The lowest BCUT2D eigenvalue weighted by Crippen LogP contribution is -2.58. The van der Waals surface area contributed by atoms with Crippen LogP contribution in [0.5, 0.6) is 0 Å². The monoisotopic (exact) mass is 590 g/mol. The van der Waals surface area contributed by atoms with Crippen molar-refractivity contribution in [3.05, 3.63) is 58.4 Å². The third kappa shape index (κ3) is 5.45. The number of hydrogen-bond donors (Lipinski definition) is 4. The van der Waals surface area contributed by atoms with Gasteiger partial charge in [0.05, 0.1) is 27.9 Å². The molecule has 2 amide bonds. The molecule has 0 heterocycles. The van der Waals surface area contributed by atoms with Gasteiger partial charge in [0.2, 0.25) is 0 Å². The molecular formula is C25H26ClF3N2O7S. The van der Waals surface area contributed by atoms with Crippen LogP contribution in [0, 0.1) is 29.3 Å². The smallest absolute Gasteiger partial charge is 0.406 e. The lowest BCUT2D eigenvalue weighted by atomic mass is 9.71. The fraction of sp³-hybridized carbons (Fsp3) is 0.440. The Balaban J connectivity index is 1.54. The van der Waals surface area contributed by atoms with E-state index in [1.807, 2.05) is 0 Å². The summed E-state index contributed by atoms with van der Waals surface area (Å²) in [6.45, 7) is -0.279. The number of sulfone groups is 1. The summed E-state index contributed by atoms with van der Waals surface area (Å²) >= 11 is 6.21. The van der Waals surface area contributed by atoms with Crippen molar-refractivity contribution in [1.29, 1.82) is 0 Å². The van der Waals surface area contributed by atoms with Crippen molar-refractivity contribution in [3.8, 4) is 0 Å². The summed E-state index contributed by atoms with van der Waals surface area (Å²) in [7, 11) is -2.98. The zero-order chi connectivity index (χ0) is 28.7. The molecule has 4 N–H and O–H groups in total. The van der Waals surface area contributed by atoms with E-state index in [1.54, 1.807) is 0 Å². The van der Waals surface area contributed by atoms with Gasteiger partial charge in [0.15, 0.2) is 27.3 Å². The predicted molar refractivity (Wildman–Crippen MR) is 134 cm³/mol. The van der Waals surface area contributed by atoms with Gasteiger partial charge in [-0.15, -0.1) is 0 Å². The Morgan fingerprint density at radius 1 is 1.13 bits per heavy atom. The summed E-state index contributed by atoms with van der Waals surface area (Å²) in [4.78, 5) is 23.8. The second-order valence-corrected chi connectivity index (χ2v) is 12.3. The quantitative estimate of drug-likeness (QED) is 0.362. The highest BCUT2D eigenvalue weighted by Crippen LogP contribution is 2.53. The zero-order valence-corrected chi connectivity index (χ0v) is 22.2. The summed E-state index contributed by atoms with van der Waals surface area (Å²) in [5.41, 5.74) is -2.17. The average Bonchev–Trinajstić information content (AvgIpc) is 3.05. The lowest BCUT2D eigenvalue weighted by molar-refractivity contribution is -0.139. The molecule has 0 radical (unpaired) electrons. The maximum Gasteiger partial charge on any atom is 0.406 e. The number of halogens is 4. The first kappa shape index (κ1) is 29.1. The standard InChI is InChI=1S/C25H26ClF3N2O7S/c1-38-24(34)30-11-21(32)25(35)13-3-4-14(25)8-16(7-13)39(36,37)20-6-12(2-5-17(20)26)23(33)31-15-9-18(27)22(29)19(28)10-15/h2,5-6,9-10,13-14,16,21,32,35H,3-4,7-8,11H2,1H3,(H,30,34)(H,31,33)/t13?,14?,16-,21?,25-. The summed E-state index contributed by atoms with van der Waals surface area (Å²) in [6.07, 6.45) is -1.20. The zero-order valence-electron chi connectivity index (χ0n) is 20.6. The second-order valence-electron chi connectivity index (χ2n) is 9.74. The predicted octanol–water partition coefficient (Wildman–Crippen LogP) is 3.42. The van der Waals surface area contributed by atoms with Crippen molar-refractivity contribution in [2.24, 2.45) is 11.8 Å². The minimum atomic E-state index is -4.14. The largest absolute Gasteiger partial charge is 0.453 e. The molecule has 2 bridgehead atoms. The molecule has 2 saturated carbocycles. The van der Waals surface area contributed by atoms with Gasteiger partial charge in [-0.1, -0.05) is 11.6 Å². The number of ether oxygens (including phenoxy) is 1. The molecule has 2 aromatic carbocycles. The van der Waals surface area contributed by atoms with Crippen molar-refractivity contribution in [2.45, 2.75) is 47.5 Å². The van der Waals surface area contributed by atoms with Crippen LogP contribution in [0.4, 0.5) is 23.7 Å². The molecule has 0 saturated heterocycles. The van der Waals surface area contributed by atoms with Crippen molar-refractivity contribution in [2.75, 3.05) is 19.0 Å². The number of carbonyl (C=O) groups excluding carboxylic acids is 2. The molecule has 3 atom stereocenters. The molecule has 39 heavy (non-hydrogen) atoms. The fourth-order valence-electron chi connectivity index (χ4n) is 5.63. The number of carbonyl (C=O) groups is 2. The van der Waals surface area contributed by atoms with Gasteiger partial charge in [0.25, 0.3) is 5.91 Å². The van der Waals surface area contributed by atoms with E-state index < -0.39 is 68.1 Å². The third-order valence-electron chi connectivity index (χ3n) is 7.61. The summed E-state index contributed by atoms with van der Waals surface area (Å²) < 4.78 is 72.0. The molecule has 14 heteroatoms. The molecule has 4 rings (SSSR count). The number of nitrogens with one attached hydrogen (secondary N) is 2. The number of benzene rings is 2. The summed E-state index contributed by atoms with van der Waals surface area (Å²) in [5.74, 6) is -6.80. The van der Waals surface area contributed by atoms with E-state index in [0.29, 0.717) is 25.0 Å². The SMILES string of the molecule is COC(=O)NCC(O)[C@]1(O)C2CCC1C[C@@H](S(=O)(=O)c1cc(C(=O)Nc3cc(F)c(F)c(F)c3)ccc1Cl)C2. The van der Waals surface area contributed by atoms with Gasteiger partial charge in [0.1, 0.15) is 6.10 Å². The number of aliphatic hydroxyl groups is 2. The van der Waals surface area contributed by atoms with Crippen LogP contribution in [0.2, 0.25) is 5.02 Å². The first-order valence-electron chi connectivity index (χ1n) is 12.0. The van der Waals surface area contributed by atoms with Crippen LogP contribution in [-0.4, -0.2) is 61.2 Å². The van der Waals surface area contributed by atoms with Crippen molar-refractivity contribution in [3.63, 3.8) is 0 Å². The Morgan fingerprint density at radius 3 is 2.28 bits per heavy atom. The van der Waals surface area contributed by atoms with Crippen LogP contribution in [0.15, 0.2) is 35.2 Å². The number of aliphatic hydroxyl groups excluding tert-OH is 1. The number of rotatable bonds is 7. The van der Waals surface area contributed by atoms with Crippen LogP contribution in [0.1, 0.15) is 36.0 Å². The van der Waals surface area contributed by atoms with Gasteiger partial charge in [-0.2, -0.15) is 0 Å². The van der Waals surface area contributed by atoms with Crippen LogP contribution >= 0.6 is 11.6 Å². The number of fused-ring (bicyclic) bond motifs is 2. The van der Waals surface area contributed by atoms with Gasteiger partial charge in [-0.3, -0.25) is 4.79 Å². The van der Waals surface area contributed by atoms with Crippen LogP contribution in [0.3, 0.4) is 0 Å². The van der Waals surface area contributed by atoms with E-state index in [2.05, 4.69) is 15.4 Å². The maximum absolute atomic E-state index is 13.6. The highest BCUT2D eigenvalue weighted by atomic mass is 35.5. The van der Waals surface area contributed by atoms with Gasteiger partial charge >= 0.3 is 6.09 Å². The van der Waals surface area contributed by atoms with Crippen molar-refractivity contribution < 1.29 is 46.1 Å². The molecule has 0 aromatic heterocycles. The van der Waals surface area contributed by atoms with E-state index in [0.717, 1.165) is 13.2 Å². The molecule has 9 nitrogen and oxygen atoms in total. The normalized spacial score (nSPS) is 25.2. The summed E-state index contributed by atoms with van der Waals surface area (Å²) in [6, 6.07) is 4.63. The van der Waals surface area contributed by atoms with Crippen molar-refractivity contribution in [1.82, 2.24) is 5.32 Å². The van der Waals surface area contributed by atoms with E-state index >= 15 is 0 Å². The van der Waals surface area contributed by atoms with E-state index in [4.69, 9.17) is 11.6 Å². The molecule has 212 valence electrons. The molecule has 0 spiro atoms. The van der Waals surface area contributed by atoms with Crippen LogP contribution in [0.25, 0.3) is 0 Å². The Bertz CT molecular complexity index is 1370. The van der Waals surface area contributed by atoms with E-state index in [9.17, 15) is 41.4 Å². The number of alkyl carbamates (subject to hydrolysis) is 1. The Kier molecular flexibility index (Phi) is 8.18. The number of methoxy groups -OCH3 is 1. The molecule has 2 aromatic rings. The number of hydrogen-bond acceptors (Lipinski definition) is 7. The first-order chi connectivity index (χ1) is 18.3. The maximum atomic E-state index is 13.6. The van der Waals surface area contributed by atoms with Crippen LogP contribution in [-0.2, 0) is 14.6 Å². The number of amides is 2. The number of anilines is 1. The molecule has 2 aliphatic carbocycles. The molecule has 2 fully saturated rings. The summed E-state index contributed by atoms with van der Waals surface area (Å²) in [5, 5.41) is 25.4. The van der Waals surface area contributed by atoms with E-state index in [1.165, 1.54) is 12.1 Å². The van der Waals surface area contributed by atoms with Gasteiger partial charge < -0.3 is 25.6 Å². The Hall–Kier alpha value is -2.87. The fourth-order valence-corrected chi connectivity index (χ4v) is 8.03. The average molecular weight is 591 g/mol. The third-order valence-corrected chi connectivity index (χ3v) is 10.3. The Labute approximate surface area is 227 Å². The second kappa shape index (κ2) is 11.0. The molecule has 3 unspecified atom stereocenters. The molecular weight excluding hydrogens is 565 g/mol. The Morgan fingerprint density at radius 2 is 1.72 bits per heavy atom. The van der Waals surface area contributed by atoms with Gasteiger partial charge in [-0.25, -0.2) is 26.4 Å². The molecule has 2 aliphatic rings. The van der Waals surface area contributed by atoms with Crippen molar-refractivity contribution >= 4 is 39.1 Å². The minimum absolute atomic E-state index is 0.00546. The highest BCUT2D eigenvalue weighted by Gasteiger charge is 2.59. The van der Waals surface area contributed by atoms with Gasteiger partial charge in [0, 0.05) is 29.9 Å². The van der Waals surface area contributed by atoms with Crippen LogP contribution < -0.4 is 10.6 Å².